The lowest BCUT2D eigenvalue weighted by atomic mass is 10.2. The number of carbonyl (C=O) groups is 1. The number of alkyl halides is 3. The zero-order valence-corrected chi connectivity index (χ0v) is 13.6. The van der Waals surface area contributed by atoms with E-state index in [1.165, 1.54) is 6.92 Å². The fraction of sp³-hybridized carbons (Fsp3) is 0.294. The van der Waals surface area contributed by atoms with Gasteiger partial charge < -0.3 is 14.6 Å². The molecule has 0 bridgehead atoms. The Morgan fingerprint density at radius 2 is 1.84 bits per heavy atom. The highest BCUT2D eigenvalue weighted by Gasteiger charge is 2.32. The number of nitrogens with zero attached hydrogens (tertiary/aromatic N) is 1. The van der Waals surface area contributed by atoms with Crippen molar-refractivity contribution in [1.29, 1.82) is 0 Å². The fourth-order valence-electron chi connectivity index (χ4n) is 2.15. The van der Waals surface area contributed by atoms with Crippen molar-refractivity contribution in [3.05, 3.63) is 58.5 Å². The summed E-state index contributed by atoms with van der Waals surface area (Å²) in [7, 11) is 0. The van der Waals surface area contributed by atoms with E-state index >= 15 is 0 Å². The zero-order chi connectivity index (χ0) is 18.6. The van der Waals surface area contributed by atoms with Crippen LogP contribution in [0.15, 0.2) is 47.4 Å². The molecule has 0 aliphatic carbocycles. The maximum absolute atomic E-state index is 12.8. The zero-order valence-electron chi connectivity index (χ0n) is 13.6. The molecule has 0 aliphatic heterocycles. The van der Waals surface area contributed by atoms with Gasteiger partial charge in [-0.25, -0.2) is 0 Å². The molecule has 25 heavy (non-hydrogen) atoms. The number of hydrogen-bond acceptors (Lipinski definition) is 3. The molecule has 1 unspecified atom stereocenters. The summed E-state index contributed by atoms with van der Waals surface area (Å²) in [5.41, 5.74) is -1.24. The topological polar surface area (TPSA) is 60.3 Å². The van der Waals surface area contributed by atoms with Crippen LogP contribution in [0.5, 0.6) is 5.75 Å². The van der Waals surface area contributed by atoms with Gasteiger partial charge in [0.05, 0.1) is 12.2 Å². The number of nitrogens with one attached hydrogen (secondary N) is 1. The van der Waals surface area contributed by atoms with Crippen LogP contribution < -0.4 is 15.6 Å². The van der Waals surface area contributed by atoms with E-state index in [9.17, 15) is 22.8 Å². The van der Waals surface area contributed by atoms with Crippen molar-refractivity contribution in [2.75, 3.05) is 11.9 Å². The van der Waals surface area contributed by atoms with Crippen LogP contribution in [0.2, 0.25) is 0 Å². The molecule has 8 heteroatoms. The van der Waals surface area contributed by atoms with E-state index in [-0.39, 0.29) is 0 Å². The average molecular weight is 354 g/mol. The van der Waals surface area contributed by atoms with Crippen molar-refractivity contribution in [3.8, 4) is 5.75 Å². The van der Waals surface area contributed by atoms with Crippen molar-refractivity contribution >= 4 is 11.6 Å². The standard InChI is InChI=1S/C17H17F3N2O3/c1-3-25-14-7-5-13(6-8-14)21-16(24)11(2)22-10-12(17(18,19)20)4-9-15(22)23/h4-11H,3H2,1-2H3,(H,21,24). The van der Waals surface area contributed by atoms with Gasteiger partial charge in [0.1, 0.15) is 11.8 Å². The summed E-state index contributed by atoms with van der Waals surface area (Å²) >= 11 is 0. The molecule has 5 nitrogen and oxygen atoms in total. The first kappa shape index (κ1) is 18.6. The quantitative estimate of drug-likeness (QED) is 0.894. The third-order valence-electron chi connectivity index (χ3n) is 3.50. The number of hydrogen-bond donors (Lipinski definition) is 1. The van der Waals surface area contributed by atoms with Crippen LogP contribution in [0.1, 0.15) is 25.5 Å². The van der Waals surface area contributed by atoms with Gasteiger partial charge in [0.15, 0.2) is 0 Å². The van der Waals surface area contributed by atoms with Crippen molar-refractivity contribution in [1.82, 2.24) is 4.57 Å². The maximum Gasteiger partial charge on any atom is 0.417 e. The van der Waals surface area contributed by atoms with Crippen LogP contribution in [0.4, 0.5) is 18.9 Å². The lowest BCUT2D eigenvalue weighted by Gasteiger charge is -2.17. The monoisotopic (exact) mass is 354 g/mol. The summed E-state index contributed by atoms with van der Waals surface area (Å²) in [6.45, 7) is 3.69. The molecule has 134 valence electrons. The molecule has 0 aliphatic rings. The van der Waals surface area contributed by atoms with E-state index in [1.54, 1.807) is 24.3 Å². The van der Waals surface area contributed by atoms with E-state index < -0.39 is 29.2 Å². The average Bonchev–Trinajstić information content (AvgIpc) is 2.55. The Labute approximate surface area is 142 Å². The number of pyridine rings is 1. The van der Waals surface area contributed by atoms with Crippen LogP contribution in [0.25, 0.3) is 0 Å². The van der Waals surface area contributed by atoms with Crippen molar-refractivity contribution < 1.29 is 22.7 Å². The fourth-order valence-corrected chi connectivity index (χ4v) is 2.15. The Kier molecular flexibility index (Phi) is 5.51. The van der Waals surface area contributed by atoms with Gasteiger partial charge in [-0.15, -0.1) is 0 Å². The number of benzene rings is 1. The predicted octanol–water partition coefficient (Wildman–Crippen LogP) is 3.47. The highest BCUT2D eigenvalue weighted by molar-refractivity contribution is 5.93. The summed E-state index contributed by atoms with van der Waals surface area (Å²) in [5, 5.41) is 2.56. The number of halogens is 3. The second kappa shape index (κ2) is 7.42. The van der Waals surface area contributed by atoms with Gasteiger partial charge in [-0.3, -0.25) is 9.59 Å². The number of carbonyl (C=O) groups excluding carboxylic acids is 1. The third kappa shape index (κ3) is 4.62. The molecule has 1 N–H and O–H groups in total. The second-order valence-corrected chi connectivity index (χ2v) is 5.28. The Morgan fingerprint density at radius 3 is 2.40 bits per heavy atom. The molecule has 0 radical (unpaired) electrons. The predicted molar refractivity (Wildman–Crippen MR) is 86.7 cm³/mol. The first-order valence-corrected chi connectivity index (χ1v) is 7.55. The highest BCUT2D eigenvalue weighted by atomic mass is 19.4. The van der Waals surface area contributed by atoms with E-state index in [4.69, 9.17) is 4.74 Å². The number of aromatic nitrogens is 1. The van der Waals surface area contributed by atoms with Gasteiger partial charge in [-0.1, -0.05) is 0 Å². The lowest BCUT2D eigenvalue weighted by molar-refractivity contribution is -0.138. The molecule has 2 rings (SSSR count). The summed E-state index contributed by atoms with van der Waals surface area (Å²) in [6.07, 6.45) is -3.95. The van der Waals surface area contributed by atoms with Crippen molar-refractivity contribution in [2.45, 2.75) is 26.1 Å². The van der Waals surface area contributed by atoms with Gasteiger partial charge >= 0.3 is 6.18 Å². The minimum atomic E-state index is -4.60. The van der Waals surface area contributed by atoms with Gasteiger partial charge in [-0.2, -0.15) is 13.2 Å². The number of rotatable bonds is 5. The molecule has 1 amide bonds. The molecule has 0 saturated heterocycles. The summed E-state index contributed by atoms with van der Waals surface area (Å²) < 4.78 is 44.4. The Bertz CT molecular complexity index is 798. The summed E-state index contributed by atoms with van der Waals surface area (Å²) in [6, 6.07) is 6.89. The Morgan fingerprint density at radius 1 is 1.20 bits per heavy atom. The molecular weight excluding hydrogens is 337 g/mol. The minimum absolute atomic E-state index is 0.445. The third-order valence-corrected chi connectivity index (χ3v) is 3.50. The minimum Gasteiger partial charge on any atom is -0.494 e. The lowest BCUT2D eigenvalue weighted by Crippen LogP contribution is -2.31. The second-order valence-electron chi connectivity index (χ2n) is 5.28. The van der Waals surface area contributed by atoms with E-state index in [0.717, 1.165) is 10.6 Å². The molecule has 1 aromatic carbocycles. The number of ether oxygens (including phenoxy) is 1. The first-order chi connectivity index (χ1) is 11.7. The molecule has 1 heterocycles. The first-order valence-electron chi connectivity index (χ1n) is 7.55. The largest absolute Gasteiger partial charge is 0.494 e. The van der Waals surface area contributed by atoms with Crippen LogP contribution in [0, 0.1) is 0 Å². The van der Waals surface area contributed by atoms with Crippen LogP contribution >= 0.6 is 0 Å². The van der Waals surface area contributed by atoms with Crippen molar-refractivity contribution in [2.24, 2.45) is 0 Å². The van der Waals surface area contributed by atoms with E-state index in [1.807, 2.05) is 6.92 Å². The molecule has 1 aromatic heterocycles. The molecule has 2 aromatic rings. The molecule has 0 fully saturated rings. The van der Waals surface area contributed by atoms with E-state index in [0.29, 0.717) is 30.3 Å². The van der Waals surface area contributed by atoms with Gasteiger partial charge in [0.25, 0.3) is 5.56 Å². The van der Waals surface area contributed by atoms with Crippen LogP contribution in [-0.2, 0) is 11.0 Å². The Balaban J connectivity index is 2.18. The smallest absolute Gasteiger partial charge is 0.417 e. The summed E-state index contributed by atoms with van der Waals surface area (Å²) in [5.74, 6) is 0.0215. The van der Waals surface area contributed by atoms with Gasteiger partial charge in [-0.05, 0) is 44.2 Å². The Hall–Kier alpha value is -2.77. The SMILES string of the molecule is CCOc1ccc(NC(=O)C(C)n2cc(C(F)(F)F)ccc2=O)cc1. The molecule has 0 saturated carbocycles. The van der Waals surface area contributed by atoms with Gasteiger partial charge in [0, 0.05) is 18.0 Å². The van der Waals surface area contributed by atoms with E-state index in [2.05, 4.69) is 5.32 Å². The molecule has 1 atom stereocenters. The highest BCUT2D eigenvalue weighted by Crippen LogP contribution is 2.28. The van der Waals surface area contributed by atoms with Gasteiger partial charge in [0.2, 0.25) is 5.91 Å². The van der Waals surface area contributed by atoms with Crippen molar-refractivity contribution in [3.63, 3.8) is 0 Å². The van der Waals surface area contributed by atoms with Crippen LogP contribution in [0.3, 0.4) is 0 Å². The maximum atomic E-state index is 12.8. The number of anilines is 1. The summed E-state index contributed by atoms with van der Waals surface area (Å²) in [4.78, 5) is 24.1. The normalized spacial score (nSPS) is 12.5. The van der Waals surface area contributed by atoms with Crippen LogP contribution in [-0.4, -0.2) is 17.1 Å². The molecule has 0 spiro atoms. The number of amides is 1. The molecular formula is C17H17F3N2O3.